The van der Waals surface area contributed by atoms with E-state index in [0.717, 1.165) is 12.8 Å². The summed E-state index contributed by atoms with van der Waals surface area (Å²) in [5, 5.41) is 10.8. The highest BCUT2D eigenvalue weighted by Crippen LogP contribution is 2.30. The molecule has 1 atom stereocenters. The second-order valence-electron chi connectivity index (χ2n) is 7.60. The van der Waals surface area contributed by atoms with Crippen molar-refractivity contribution in [3.63, 3.8) is 0 Å². The Morgan fingerprint density at radius 2 is 1.86 bits per heavy atom. The van der Waals surface area contributed by atoms with Crippen molar-refractivity contribution in [2.24, 2.45) is 0 Å². The van der Waals surface area contributed by atoms with E-state index in [2.05, 4.69) is 25.5 Å². The van der Waals surface area contributed by atoms with E-state index >= 15 is 0 Å². The number of hydrogen-bond acceptors (Lipinski definition) is 7. The second kappa shape index (κ2) is 8.32. The zero-order valence-electron chi connectivity index (χ0n) is 16.3. The van der Waals surface area contributed by atoms with Crippen LogP contribution in [-0.2, 0) is 16.1 Å². The van der Waals surface area contributed by atoms with Crippen molar-refractivity contribution in [1.29, 1.82) is 0 Å². The monoisotopic (exact) mass is 387 g/mol. The van der Waals surface area contributed by atoms with Crippen LogP contribution >= 0.6 is 0 Å². The van der Waals surface area contributed by atoms with Crippen LogP contribution in [0.2, 0.25) is 0 Å². The number of nitrogens with one attached hydrogen (secondary N) is 1. The topological polar surface area (TPSA) is 115 Å². The average molecular weight is 387 g/mol. The molecule has 2 aromatic heterocycles. The Morgan fingerprint density at radius 3 is 2.43 bits per heavy atom. The molecule has 0 bridgehead atoms. The number of carbonyl (C=O) groups excluding carboxylic acids is 2. The van der Waals surface area contributed by atoms with Crippen molar-refractivity contribution >= 4 is 17.9 Å². The van der Waals surface area contributed by atoms with Gasteiger partial charge in [-0.05, 0) is 46.1 Å². The van der Waals surface area contributed by atoms with Gasteiger partial charge in [-0.3, -0.25) is 9.69 Å². The van der Waals surface area contributed by atoms with E-state index in [-0.39, 0.29) is 11.9 Å². The SMILES string of the molecule is CC(C)(C)OC(=O)NC(CCn1nccn1)C(=O)N(c1ncccn1)C1CC1. The lowest BCUT2D eigenvalue weighted by Crippen LogP contribution is -2.51. The molecule has 1 N–H and O–H groups in total. The molecular formula is C18H25N7O3. The van der Waals surface area contributed by atoms with Gasteiger partial charge in [0, 0.05) is 18.4 Å². The van der Waals surface area contributed by atoms with Gasteiger partial charge in [0.15, 0.2) is 0 Å². The highest BCUT2D eigenvalue weighted by Gasteiger charge is 2.39. The van der Waals surface area contributed by atoms with Crippen LogP contribution in [0.15, 0.2) is 30.9 Å². The number of aryl methyl sites for hydroxylation is 1. The summed E-state index contributed by atoms with van der Waals surface area (Å²) >= 11 is 0. The lowest BCUT2D eigenvalue weighted by atomic mass is 10.1. The van der Waals surface area contributed by atoms with Crippen molar-refractivity contribution in [3.05, 3.63) is 30.9 Å². The van der Waals surface area contributed by atoms with Crippen LogP contribution in [0, 0.1) is 0 Å². The zero-order valence-corrected chi connectivity index (χ0v) is 16.3. The van der Waals surface area contributed by atoms with Crippen LogP contribution in [0.25, 0.3) is 0 Å². The van der Waals surface area contributed by atoms with E-state index in [9.17, 15) is 9.59 Å². The van der Waals surface area contributed by atoms with E-state index in [0.29, 0.717) is 18.9 Å². The number of hydrogen-bond donors (Lipinski definition) is 1. The number of alkyl carbamates (subject to hydrolysis) is 1. The fourth-order valence-corrected chi connectivity index (χ4v) is 2.67. The molecule has 0 aromatic carbocycles. The Hall–Kier alpha value is -3.04. The lowest BCUT2D eigenvalue weighted by molar-refractivity contribution is -0.121. The van der Waals surface area contributed by atoms with Gasteiger partial charge in [-0.15, -0.1) is 0 Å². The minimum Gasteiger partial charge on any atom is -0.444 e. The van der Waals surface area contributed by atoms with E-state index in [1.807, 2.05) is 0 Å². The predicted molar refractivity (Wildman–Crippen MR) is 100 cm³/mol. The highest BCUT2D eigenvalue weighted by atomic mass is 16.6. The maximum atomic E-state index is 13.3. The largest absolute Gasteiger partial charge is 0.444 e. The molecule has 0 radical (unpaired) electrons. The molecule has 1 unspecified atom stereocenters. The molecule has 10 nitrogen and oxygen atoms in total. The zero-order chi connectivity index (χ0) is 20.1. The first-order valence-electron chi connectivity index (χ1n) is 9.27. The number of nitrogens with zero attached hydrogens (tertiary/aromatic N) is 6. The van der Waals surface area contributed by atoms with Gasteiger partial charge in [0.2, 0.25) is 5.95 Å². The number of amides is 2. The van der Waals surface area contributed by atoms with Gasteiger partial charge in [-0.2, -0.15) is 15.0 Å². The summed E-state index contributed by atoms with van der Waals surface area (Å²) < 4.78 is 5.33. The summed E-state index contributed by atoms with van der Waals surface area (Å²) in [5.41, 5.74) is -0.667. The summed E-state index contributed by atoms with van der Waals surface area (Å²) in [6, 6.07) is 0.921. The van der Waals surface area contributed by atoms with Gasteiger partial charge in [0.1, 0.15) is 11.6 Å². The molecule has 3 rings (SSSR count). The third kappa shape index (κ3) is 5.48. The Labute approximate surface area is 163 Å². The van der Waals surface area contributed by atoms with E-state index in [1.165, 1.54) is 4.80 Å². The Balaban J connectivity index is 1.77. The molecule has 1 aliphatic rings. The van der Waals surface area contributed by atoms with Crippen LogP contribution < -0.4 is 10.2 Å². The molecule has 0 aliphatic heterocycles. The summed E-state index contributed by atoms with van der Waals surface area (Å²) in [5.74, 6) is 0.0647. The van der Waals surface area contributed by atoms with Crippen LogP contribution in [0.5, 0.6) is 0 Å². The van der Waals surface area contributed by atoms with Crippen molar-refractivity contribution < 1.29 is 14.3 Å². The Morgan fingerprint density at radius 1 is 1.21 bits per heavy atom. The first-order chi connectivity index (χ1) is 13.3. The molecule has 2 amide bonds. The van der Waals surface area contributed by atoms with Crippen molar-refractivity contribution in [2.75, 3.05) is 4.90 Å². The third-order valence-corrected chi connectivity index (χ3v) is 3.99. The third-order valence-electron chi connectivity index (χ3n) is 3.99. The highest BCUT2D eigenvalue weighted by molar-refractivity contribution is 5.98. The van der Waals surface area contributed by atoms with Gasteiger partial charge in [-0.25, -0.2) is 14.8 Å². The van der Waals surface area contributed by atoms with Gasteiger partial charge in [0.25, 0.3) is 5.91 Å². The molecule has 10 heteroatoms. The van der Waals surface area contributed by atoms with Crippen LogP contribution in [0.4, 0.5) is 10.7 Å². The predicted octanol–water partition coefficient (Wildman–Crippen LogP) is 1.55. The van der Waals surface area contributed by atoms with E-state index in [1.54, 1.807) is 56.5 Å². The van der Waals surface area contributed by atoms with Crippen molar-refractivity contribution in [1.82, 2.24) is 30.3 Å². The molecule has 1 fully saturated rings. The van der Waals surface area contributed by atoms with Crippen LogP contribution in [0.3, 0.4) is 0 Å². The van der Waals surface area contributed by atoms with E-state index < -0.39 is 17.7 Å². The Kier molecular flexibility index (Phi) is 5.86. The molecule has 150 valence electrons. The second-order valence-corrected chi connectivity index (χ2v) is 7.60. The minimum absolute atomic E-state index is 0.0423. The maximum absolute atomic E-state index is 13.3. The van der Waals surface area contributed by atoms with Crippen molar-refractivity contribution in [3.8, 4) is 0 Å². The molecule has 28 heavy (non-hydrogen) atoms. The molecule has 0 saturated heterocycles. The van der Waals surface area contributed by atoms with Crippen LogP contribution in [0.1, 0.15) is 40.0 Å². The van der Waals surface area contributed by atoms with Gasteiger partial charge < -0.3 is 10.1 Å². The maximum Gasteiger partial charge on any atom is 0.408 e. The van der Waals surface area contributed by atoms with Gasteiger partial charge in [-0.1, -0.05) is 0 Å². The lowest BCUT2D eigenvalue weighted by Gasteiger charge is -2.27. The molecular weight excluding hydrogens is 362 g/mol. The Bertz CT molecular complexity index is 785. The van der Waals surface area contributed by atoms with Crippen LogP contribution in [-0.4, -0.2) is 54.6 Å². The number of ether oxygens (including phenoxy) is 1. The normalized spacial score (nSPS) is 15.0. The number of carbonyl (C=O) groups is 2. The molecule has 2 heterocycles. The molecule has 1 aliphatic carbocycles. The number of anilines is 1. The first-order valence-corrected chi connectivity index (χ1v) is 9.27. The number of rotatable bonds is 7. The summed E-state index contributed by atoms with van der Waals surface area (Å²) in [7, 11) is 0. The number of aromatic nitrogens is 5. The molecule has 1 saturated carbocycles. The fraction of sp³-hybridized carbons (Fsp3) is 0.556. The quantitative estimate of drug-likeness (QED) is 0.766. The first kappa shape index (κ1) is 19.7. The van der Waals surface area contributed by atoms with E-state index in [4.69, 9.17) is 4.74 Å². The van der Waals surface area contributed by atoms with Gasteiger partial charge >= 0.3 is 6.09 Å². The standard InChI is InChI=1S/C18H25N7O3/c1-18(2,3)28-17(27)23-14(7-12-24-21-10-11-22-24)15(26)25(13-5-6-13)16-19-8-4-9-20-16/h4,8-11,13-14H,5-7,12H2,1-3H3,(H,23,27). The minimum atomic E-state index is -0.815. The van der Waals surface area contributed by atoms with Crippen molar-refractivity contribution in [2.45, 2.75) is 64.3 Å². The molecule has 2 aromatic rings. The fourth-order valence-electron chi connectivity index (χ4n) is 2.67. The summed E-state index contributed by atoms with van der Waals surface area (Å²) in [6.45, 7) is 5.68. The smallest absolute Gasteiger partial charge is 0.408 e. The molecule has 0 spiro atoms. The van der Waals surface area contributed by atoms with Gasteiger partial charge in [0.05, 0.1) is 18.9 Å². The average Bonchev–Trinajstić information content (AvgIpc) is 3.31. The summed E-state index contributed by atoms with van der Waals surface area (Å²) in [4.78, 5) is 37.1. The summed E-state index contributed by atoms with van der Waals surface area (Å²) in [6.07, 6.45) is 7.73.